The second kappa shape index (κ2) is 6.60. The van der Waals surface area contributed by atoms with Crippen LogP contribution in [-0.4, -0.2) is 61.7 Å². The molecule has 1 aromatic heterocycles. The fourth-order valence-corrected chi connectivity index (χ4v) is 1.48. The SMILES string of the molecule is CC(C)c1ncc(NC(CO)(CO)CO)c(C(=O)O)n1. The van der Waals surface area contributed by atoms with Gasteiger partial charge in [-0.2, -0.15) is 0 Å². The Morgan fingerprint density at radius 3 is 2.25 bits per heavy atom. The van der Waals surface area contributed by atoms with Gasteiger partial charge in [0.05, 0.1) is 31.7 Å². The van der Waals surface area contributed by atoms with Crippen LogP contribution in [0.1, 0.15) is 36.1 Å². The maximum Gasteiger partial charge on any atom is 0.356 e. The smallest absolute Gasteiger partial charge is 0.356 e. The van der Waals surface area contributed by atoms with Crippen LogP contribution in [0.4, 0.5) is 5.69 Å². The summed E-state index contributed by atoms with van der Waals surface area (Å²) in [5.74, 6) is -0.935. The lowest BCUT2D eigenvalue weighted by Crippen LogP contribution is -2.49. The topological polar surface area (TPSA) is 136 Å². The number of rotatable bonds is 7. The zero-order valence-corrected chi connectivity index (χ0v) is 11.4. The first kappa shape index (κ1) is 16.3. The summed E-state index contributed by atoms with van der Waals surface area (Å²) in [5, 5.41) is 39.5. The summed E-state index contributed by atoms with van der Waals surface area (Å²) in [7, 11) is 0. The molecule has 1 rings (SSSR count). The van der Waals surface area contributed by atoms with E-state index in [1.165, 1.54) is 6.20 Å². The number of nitrogens with zero attached hydrogens (tertiary/aromatic N) is 2. The number of hydrogen-bond donors (Lipinski definition) is 5. The number of aliphatic hydroxyl groups excluding tert-OH is 3. The first-order valence-corrected chi connectivity index (χ1v) is 6.10. The molecule has 8 heteroatoms. The van der Waals surface area contributed by atoms with Gasteiger partial charge < -0.3 is 25.7 Å². The van der Waals surface area contributed by atoms with Crippen molar-refractivity contribution >= 4 is 11.7 Å². The summed E-state index contributed by atoms with van der Waals surface area (Å²) in [6, 6.07) is 0. The summed E-state index contributed by atoms with van der Waals surface area (Å²) in [6.45, 7) is 1.92. The van der Waals surface area contributed by atoms with Gasteiger partial charge in [-0.1, -0.05) is 13.8 Å². The maximum atomic E-state index is 11.2. The molecule has 0 aliphatic heterocycles. The van der Waals surface area contributed by atoms with E-state index in [4.69, 9.17) is 5.11 Å². The van der Waals surface area contributed by atoms with Crippen LogP contribution < -0.4 is 5.32 Å². The van der Waals surface area contributed by atoms with Gasteiger partial charge in [-0.3, -0.25) is 0 Å². The maximum absolute atomic E-state index is 11.2. The number of anilines is 1. The van der Waals surface area contributed by atoms with Crippen molar-refractivity contribution in [2.75, 3.05) is 25.1 Å². The minimum Gasteiger partial charge on any atom is -0.476 e. The molecule has 0 bridgehead atoms. The van der Waals surface area contributed by atoms with Gasteiger partial charge in [-0.25, -0.2) is 14.8 Å². The van der Waals surface area contributed by atoms with Gasteiger partial charge in [0.25, 0.3) is 0 Å². The molecule has 0 aliphatic rings. The Kier molecular flexibility index (Phi) is 5.37. The van der Waals surface area contributed by atoms with Crippen molar-refractivity contribution in [2.24, 2.45) is 0 Å². The largest absolute Gasteiger partial charge is 0.476 e. The van der Waals surface area contributed by atoms with Crippen LogP contribution in [0.15, 0.2) is 6.20 Å². The van der Waals surface area contributed by atoms with Crippen LogP contribution in [0.2, 0.25) is 0 Å². The van der Waals surface area contributed by atoms with Crippen LogP contribution in [0.25, 0.3) is 0 Å². The lowest BCUT2D eigenvalue weighted by atomic mass is 10.0. The first-order valence-electron chi connectivity index (χ1n) is 6.10. The number of hydrogen-bond acceptors (Lipinski definition) is 7. The van der Waals surface area contributed by atoms with Crippen molar-refractivity contribution in [3.63, 3.8) is 0 Å². The number of carboxylic acids is 1. The highest BCUT2D eigenvalue weighted by atomic mass is 16.4. The number of carbonyl (C=O) groups is 1. The molecule has 20 heavy (non-hydrogen) atoms. The van der Waals surface area contributed by atoms with Gasteiger partial charge in [0, 0.05) is 5.92 Å². The molecule has 1 heterocycles. The third kappa shape index (κ3) is 3.41. The number of aromatic nitrogens is 2. The van der Waals surface area contributed by atoms with E-state index >= 15 is 0 Å². The average Bonchev–Trinajstić information content (AvgIpc) is 2.44. The third-order valence-electron chi connectivity index (χ3n) is 2.83. The molecule has 0 saturated heterocycles. The molecule has 1 aromatic rings. The zero-order chi connectivity index (χ0) is 15.3. The summed E-state index contributed by atoms with van der Waals surface area (Å²) < 4.78 is 0. The molecule has 0 aliphatic carbocycles. The van der Waals surface area contributed by atoms with E-state index in [0.29, 0.717) is 5.82 Å². The molecule has 0 saturated carbocycles. The number of aromatic carboxylic acids is 1. The standard InChI is InChI=1S/C12H19N3O5/c1-7(2)10-13-3-8(9(14-10)11(19)20)15-12(4-16,5-17)6-18/h3,7,15-18H,4-6H2,1-2H3,(H,19,20). The van der Waals surface area contributed by atoms with E-state index in [-0.39, 0.29) is 17.3 Å². The molecular weight excluding hydrogens is 266 g/mol. The van der Waals surface area contributed by atoms with Crippen molar-refractivity contribution in [1.82, 2.24) is 9.97 Å². The van der Waals surface area contributed by atoms with E-state index in [1.54, 1.807) is 0 Å². The van der Waals surface area contributed by atoms with Crippen molar-refractivity contribution in [3.05, 3.63) is 17.7 Å². The van der Waals surface area contributed by atoms with E-state index in [1.807, 2.05) is 13.8 Å². The lowest BCUT2D eigenvalue weighted by molar-refractivity contribution is 0.0685. The molecule has 0 atom stereocenters. The van der Waals surface area contributed by atoms with Crippen molar-refractivity contribution < 1.29 is 25.2 Å². The quantitative estimate of drug-likeness (QED) is 0.449. The van der Waals surface area contributed by atoms with E-state index in [2.05, 4.69) is 15.3 Å². The minimum absolute atomic E-state index is 0.0269. The molecule has 8 nitrogen and oxygen atoms in total. The molecule has 0 aromatic carbocycles. The fourth-order valence-electron chi connectivity index (χ4n) is 1.48. The fraction of sp³-hybridized carbons (Fsp3) is 0.583. The molecule has 112 valence electrons. The predicted octanol–water partition coefficient (Wildman–Crippen LogP) is -0.574. The Morgan fingerprint density at radius 2 is 1.85 bits per heavy atom. The van der Waals surface area contributed by atoms with Gasteiger partial charge >= 0.3 is 5.97 Å². The number of nitrogens with one attached hydrogen (secondary N) is 1. The van der Waals surface area contributed by atoms with E-state index < -0.39 is 31.3 Å². The van der Waals surface area contributed by atoms with E-state index in [0.717, 1.165) is 0 Å². The van der Waals surface area contributed by atoms with Gasteiger partial charge in [-0.05, 0) is 0 Å². The highest BCUT2D eigenvalue weighted by Crippen LogP contribution is 2.20. The number of aliphatic hydroxyl groups is 3. The monoisotopic (exact) mass is 285 g/mol. The molecule has 0 fully saturated rings. The van der Waals surface area contributed by atoms with Gasteiger partial charge in [0.2, 0.25) is 0 Å². The molecule has 0 spiro atoms. The van der Waals surface area contributed by atoms with Gasteiger partial charge in [0.15, 0.2) is 5.69 Å². The Balaban J connectivity index is 3.21. The molecule has 0 radical (unpaired) electrons. The Bertz CT molecular complexity index is 466. The summed E-state index contributed by atoms with van der Waals surface area (Å²) in [4.78, 5) is 19.2. The molecule has 5 N–H and O–H groups in total. The minimum atomic E-state index is -1.44. The van der Waals surface area contributed by atoms with Crippen molar-refractivity contribution in [1.29, 1.82) is 0 Å². The van der Waals surface area contributed by atoms with Crippen LogP contribution >= 0.6 is 0 Å². The summed E-state index contributed by atoms with van der Waals surface area (Å²) >= 11 is 0. The van der Waals surface area contributed by atoms with E-state index in [9.17, 15) is 20.1 Å². The third-order valence-corrected chi connectivity index (χ3v) is 2.83. The summed E-state index contributed by atoms with van der Waals surface area (Å²) in [6.07, 6.45) is 1.27. The highest BCUT2D eigenvalue weighted by Gasteiger charge is 2.30. The predicted molar refractivity (Wildman–Crippen MR) is 70.7 cm³/mol. The van der Waals surface area contributed by atoms with Crippen LogP contribution in [0.5, 0.6) is 0 Å². The molecule has 0 unspecified atom stereocenters. The lowest BCUT2D eigenvalue weighted by Gasteiger charge is -2.30. The van der Waals surface area contributed by atoms with Crippen LogP contribution in [-0.2, 0) is 0 Å². The van der Waals surface area contributed by atoms with Crippen LogP contribution in [0, 0.1) is 0 Å². The highest BCUT2D eigenvalue weighted by molar-refractivity contribution is 5.91. The van der Waals surface area contributed by atoms with Gasteiger partial charge in [-0.15, -0.1) is 0 Å². The second-order valence-electron chi connectivity index (χ2n) is 4.83. The zero-order valence-electron chi connectivity index (χ0n) is 11.4. The average molecular weight is 285 g/mol. The van der Waals surface area contributed by atoms with Crippen LogP contribution in [0.3, 0.4) is 0 Å². The molecular formula is C12H19N3O5. The Morgan fingerprint density at radius 1 is 1.30 bits per heavy atom. The Hall–Kier alpha value is -1.77. The second-order valence-corrected chi connectivity index (χ2v) is 4.83. The van der Waals surface area contributed by atoms with Crippen molar-refractivity contribution in [3.8, 4) is 0 Å². The van der Waals surface area contributed by atoms with Gasteiger partial charge in [0.1, 0.15) is 11.4 Å². The van der Waals surface area contributed by atoms with Crippen molar-refractivity contribution in [2.45, 2.75) is 25.3 Å². The molecule has 0 amide bonds. The Labute approximate surface area is 116 Å². The summed E-state index contributed by atoms with van der Waals surface area (Å²) in [5.41, 5.74) is -1.69. The normalized spacial score (nSPS) is 11.7. The number of carboxylic acid groups (broad SMARTS) is 1. The first-order chi connectivity index (χ1) is 9.39.